The van der Waals surface area contributed by atoms with Gasteiger partial charge in [0.05, 0.1) is 11.7 Å². The summed E-state index contributed by atoms with van der Waals surface area (Å²) in [5.41, 5.74) is 2.13. The summed E-state index contributed by atoms with van der Waals surface area (Å²) < 4.78 is 7.83. The summed E-state index contributed by atoms with van der Waals surface area (Å²) in [6, 6.07) is 8.09. The fourth-order valence-electron chi connectivity index (χ4n) is 1.43. The van der Waals surface area contributed by atoms with E-state index in [-0.39, 0.29) is 0 Å². The Morgan fingerprint density at radius 2 is 2.21 bits per heavy atom. The van der Waals surface area contributed by atoms with Gasteiger partial charge in [-0.2, -0.15) is 4.37 Å². The number of benzene rings is 1. The molecule has 2 heterocycles. The zero-order valence-electron chi connectivity index (χ0n) is 7.14. The first kappa shape index (κ1) is 7.64. The van der Waals surface area contributed by atoms with Crippen molar-refractivity contribution in [2.24, 2.45) is 0 Å². The van der Waals surface area contributed by atoms with Crippen LogP contribution in [0.3, 0.4) is 0 Å². The Morgan fingerprint density at radius 1 is 1.21 bits per heavy atom. The van der Waals surface area contributed by atoms with E-state index in [1.165, 1.54) is 0 Å². The monoisotopic (exact) mass is 202 g/mol. The van der Waals surface area contributed by atoms with Crippen molar-refractivity contribution in [3.8, 4) is 11.4 Å². The number of aromatic nitrogens is 4. The zero-order valence-corrected chi connectivity index (χ0v) is 7.95. The Bertz CT molecular complexity index is 555. The minimum Gasteiger partial charge on any atom is -0.361 e. The van der Waals surface area contributed by atoms with Crippen LogP contribution < -0.4 is 0 Å². The SMILES string of the molecule is c1cc2cc(-c3nnsn3)ccc2[nH]1. The topological polar surface area (TPSA) is 54.5 Å². The van der Waals surface area contributed by atoms with Gasteiger partial charge in [-0.05, 0) is 24.3 Å². The molecule has 0 amide bonds. The lowest BCUT2D eigenvalue weighted by Gasteiger charge is -1.94. The van der Waals surface area contributed by atoms with Crippen molar-refractivity contribution >= 4 is 22.6 Å². The number of hydrogen-bond donors (Lipinski definition) is 1. The van der Waals surface area contributed by atoms with Crippen molar-refractivity contribution in [2.75, 3.05) is 0 Å². The highest BCUT2D eigenvalue weighted by molar-refractivity contribution is 6.99. The van der Waals surface area contributed by atoms with Crippen LogP contribution in [0.4, 0.5) is 0 Å². The van der Waals surface area contributed by atoms with Crippen molar-refractivity contribution in [2.45, 2.75) is 0 Å². The van der Waals surface area contributed by atoms with Gasteiger partial charge in [-0.25, -0.2) is 0 Å². The first-order valence-electron chi connectivity index (χ1n) is 4.16. The molecule has 14 heavy (non-hydrogen) atoms. The molecule has 0 aliphatic heterocycles. The quantitative estimate of drug-likeness (QED) is 0.657. The fraction of sp³-hybridized carbons (Fsp3) is 0. The van der Waals surface area contributed by atoms with Gasteiger partial charge in [0.2, 0.25) is 0 Å². The summed E-state index contributed by atoms with van der Waals surface area (Å²) in [6.07, 6.45) is 1.92. The molecular formula is C9H6N4S. The van der Waals surface area contributed by atoms with E-state index in [0.29, 0.717) is 5.82 Å². The molecule has 5 heteroatoms. The van der Waals surface area contributed by atoms with Gasteiger partial charge in [0.1, 0.15) is 0 Å². The summed E-state index contributed by atoms with van der Waals surface area (Å²) in [6.45, 7) is 0. The number of hydrogen-bond acceptors (Lipinski definition) is 4. The van der Waals surface area contributed by atoms with E-state index < -0.39 is 0 Å². The fourth-order valence-corrected chi connectivity index (χ4v) is 1.80. The van der Waals surface area contributed by atoms with Gasteiger partial charge in [-0.15, -0.1) is 5.10 Å². The maximum Gasteiger partial charge on any atom is 0.196 e. The smallest absolute Gasteiger partial charge is 0.196 e. The van der Waals surface area contributed by atoms with Crippen LogP contribution in [0.5, 0.6) is 0 Å². The Kier molecular flexibility index (Phi) is 1.57. The maximum absolute atomic E-state index is 4.09. The lowest BCUT2D eigenvalue weighted by molar-refractivity contribution is 1.14. The van der Waals surface area contributed by atoms with Crippen molar-refractivity contribution in [1.82, 2.24) is 18.9 Å². The van der Waals surface area contributed by atoms with Crippen LogP contribution in [0.25, 0.3) is 22.3 Å². The normalized spacial score (nSPS) is 10.9. The molecule has 4 nitrogen and oxygen atoms in total. The van der Waals surface area contributed by atoms with Gasteiger partial charge in [0.15, 0.2) is 5.82 Å². The van der Waals surface area contributed by atoms with Crippen LogP contribution in [-0.4, -0.2) is 18.9 Å². The van der Waals surface area contributed by atoms with Crippen molar-refractivity contribution in [1.29, 1.82) is 0 Å². The van der Waals surface area contributed by atoms with Gasteiger partial charge in [-0.3, -0.25) is 0 Å². The number of nitrogens with one attached hydrogen (secondary N) is 1. The van der Waals surface area contributed by atoms with E-state index in [1.54, 1.807) is 0 Å². The summed E-state index contributed by atoms with van der Waals surface area (Å²) in [5, 5.41) is 5.09. The molecule has 0 atom stereocenters. The second kappa shape index (κ2) is 2.88. The van der Waals surface area contributed by atoms with E-state index in [1.807, 2.05) is 24.4 Å². The minimum absolute atomic E-state index is 0.693. The Labute approximate surface area is 83.9 Å². The number of nitrogens with zero attached hydrogens (tertiary/aromatic N) is 3. The van der Waals surface area contributed by atoms with Crippen LogP contribution in [0.2, 0.25) is 0 Å². The van der Waals surface area contributed by atoms with Crippen LogP contribution in [-0.2, 0) is 0 Å². The van der Waals surface area contributed by atoms with Gasteiger partial charge in [0.25, 0.3) is 0 Å². The van der Waals surface area contributed by atoms with Crippen molar-refractivity contribution in [3.05, 3.63) is 30.5 Å². The third-order valence-corrected chi connectivity index (χ3v) is 2.52. The van der Waals surface area contributed by atoms with Crippen molar-refractivity contribution < 1.29 is 0 Å². The summed E-state index contributed by atoms with van der Waals surface area (Å²) in [4.78, 5) is 3.14. The highest BCUT2D eigenvalue weighted by Gasteiger charge is 2.03. The van der Waals surface area contributed by atoms with E-state index in [0.717, 1.165) is 28.2 Å². The molecule has 1 N–H and O–H groups in total. The molecule has 0 unspecified atom stereocenters. The Hall–Kier alpha value is -1.75. The standard InChI is InChI=1S/C9H6N4S/c1-2-8-6(3-4-10-8)5-7(1)9-11-13-14-12-9/h1-5,10H. The number of fused-ring (bicyclic) bond motifs is 1. The van der Waals surface area contributed by atoms with Gasteiger partial charge >= 0.3 is 0 Å². The zero-order chi connectivity index (χ0) is 9.38. The molecule has 0 aliphatic carbocycles. The average molecular weight is 202 g/mol. The van der Waals surface area contributed by atoms with E-state index in [4.69, 9.17) is 0 Å². The third kappa shape index (κ3) is 1.10. The summed E-state index contributed by atoms with van der Waals surface area (Å²) >= 11 is 1.12. The molecule has 1 aromatic carbocycles. The largest absolute Gasteiger partial charge is 0.361 e. The first-order valence-corrected chi connectivity index (χ1v) is 4.89. The number of rotatable bonds is 1. The predicted octanol–water partition coefficient (Wildman–Crippen LogP) is 2.08. The molecule has 0 bridgehead atoms. The van der Waals surface area contributed by atoms with E-state index in [2.05, 4.69) is 25.0 Å². The lowest BCUT2D eigenvalue weighted by atomic mass is 10.1. The second-order valence-electron chi connectivity index (χ2n) is 2.96. The van der Waals surface area contributed by atoms with Crippen LogP contribution in [0, 0.1) is 0 Å². The van der Waals surface area contributed by atoms with Crippen LogP contribution in [0.15, 0.2) is 30.5 Å². The molecule has 2 aromatic heterocycles. The molecule has 0 aliphatic rings. The minimum atomic E-state index is 0.693. The molecule has 68 valence electrons. The molecule has 3 rings (SSSR count). The van der Waals surface area contributed by atoms with E-state index >= 15 is 0 Å². The van der Waals surface area contributed by atoms with E-state index in [9.17, 15) is 0 Å². The Balaban J connectivity index is 2.23. The average Bonchev–Trinajstić information content (AvgIpc) is 2.88. The lowest BCUT2D eigenvalue weighted by Crippen LogP contribution is -1.80. The molecule has 0 spiro atoms. The number of aromatic amines is 1. The highest BCUT2D eigenvalue weighted by Crippen LogP contribution is 2.20. The molecule has 3 aromatic rings. The van der Waals surface area contributed by atoms with Gasteiger partial charge < -0.3 is 4.98 Å². The molecule has 0 saturated heterocycles. The van der Waals surface area contributed by atoms with Gasteiger partial charge in [0, 0.05) is 22.7 Å². The molecule has 0 saturated carbocycles. The predicted molar refractivity (Wildman–Crippen MR) is 55.0 cm³/mol. The number of H-pyrrole nitrogens is 1. The molecular weight excluding hydrogens is 196 g/mol. The second-order valence-corrected chi connectivity index (χ2v) is 3.47. The van der Waals surface area contributed by atoms with Crippen LogP contribution >= 0.6 is 11.7 Å². The highest BCUT2D eigenvalue weighted by atomic mass is 32.1. The molecule has 0 fully saturated rings. The summed E-state index contributed by atoms with van der Waals surface area (Å²) in [7, 11) is 0. The van der Waals surface area contributed by atoms with Crippen molar-refractivity contribution in [3.63, 3.8) is 0 Å². The third-order valence-electron chi connectivity index (χ3n) is 2.11. The maximum atomic E-state index is 4.09. The Morgan fingerprint density at radius 3 is 3.07 bits per heavy atom. The van der Waals surface area contributed by atoms with Gasteiger partial charge in [-0.1, -0.05) is 4.49 Å². The molecule has 0 radical (unpaired) electrons. The van der Waals surface area contributed by atoms with Crippen LogP contribution in [0.1, 0.15) is 0 Å². The summed E-state index contributed by atoms with van der Waals surface area (Å²) in [5.74, 6) is 0.693. The first-order chi connectivity index (χ1) is 6.93.